The molecule has 0 unspecified atom stereocenters. The van der Waals surface area contributed by atoms with Crippen LogP contribution >= 0.6 is 0 Å². The first-order chi connectivity index (χ1) is 10.0. The van der Waals surface area contributed by atoms with E-state index >= 15 is 0 Å². The first-order valence-electron chi connectivity index (χ1n) is 7.20. The van der Waals surface area contributed by atoms with Gasteiger partial charge in [-0.15, -0.1) is 0 Å². The predicted octanol–water partition coefficient (Wildman–Crippen LogP) is 2.99. The van der Waals surface area contributed by atoms with Gasteiger partial charge in [-0.2, -0.15) is 0 Å². The molecule has 5 heteroatoms. The first-order valence-corrected chi connectivity index (χ1v) is 8.85. The Morgan fingerprint density at radius 2 is 1.81 bits per heavy atom. The molecule has 0 heterocycles. The molecule has 0 bridgehead atoms. The van der Waals surface area contributed by atoms with Crippen LogP contribution in [0.25, 0.3) is 0 Å². The van der Waals surface area contributed by atoms with Crippen LogP contribution in [0.1, 0.15) is 38.2 Å². The third-order valence-corrected chi connectivity index (χ3v) is 5.43. The normalized spacial score (nSPS) is 15.9. The zero-order chi connectivity index (χ0) is 15.3. The molecule has 0 radical (unpaired) electrons. The summed E-state index contributed by atoms with van der Waals surface area (Å²) in [5.74, 6) is -0.546. The van der Waals surface area contributed by atoms with Gasteiger partial charge in [-0.3, -0.25) is 0 Å². The molecule has 0 fully saturated rings. The summed E-state index contributed by atoms with van der Waals surface area (Å²) in [7, 11) is -3.47. The topological polar surface area (TPSA) is 60.4 Å². The van der Waals surface area contributed by atoms with E-state index in [1.54, 1.807) is 19.1 Å². The summed E-state index contributed by atoms with van der Waals surface area (Å²) in [6, 6.07) is 9.04. The van der Waals surface area contributed by atoms with Crippen LogP contribution in [0, 0.1) is 0 Å². The van der Waals surface area contributed by atoms with Crippen LogP contribution in [-0.2, 0) is 25.1 Å². The molecule has 1 aromatic rings. The zero-order valence-electron chi connectivity index (χ0n) is 12.2. The maximum absolute atomic E-state index is 12.6. The third-order valence-electron chi connectivity index (χ3n) is 3.51. The Bertz CT molecular complexity index is 630. The van der Waals surface area contributed by atoms with Gasteiger partial charge < -0.3 is 4.74 Å². The Labute approximate surface area is 125 Å². The van der Waals surface area contributed by atoms with Crippen molar-refractivity contribution in [3.05, 3.63) is 46.4 Å². The minimum Gasteiger partial charge on any atom is -0.463 e. The lowest BCUT2D eigenvalue weighted by molar-refractivity contribution is -0.138. The Balaban J connectivity index is 2.33. The van der Waals surface area contributed by atoms with Crippen LogP contribution in [0.2, 0.25) is 0 Å². The lowest BCUT2D eigenvalue weighted by atomic mass is 9.99. The fourth-order valence-corrected chi connectivity index (χ4v) is 4.36. The molecule has 0 saturated carbocycles. The van der Waals surface area contributed by atoms with Crippen molar-refractivity contribution in [2.24, 2.45) is 0 Å². The summed E-state index contributed by atoms with van der Waals surface area (Å²) in [4.78, 5) is 12.2. The predicted molar refractivity (Wildman–Crippen MR) is 81.2 cm³/mol. The molecule has 0 aromatic heterocycles. The van der Waals surface area contributed by atoms with Gasteiger partial charge in [0.15, 0.2) is 9.84 Å². The number of carbonyl (C=O) groups is 1. The summed E-state index contributed by atoms with van der Waals surface area (Å²) < 4.78 is 30.2. The van der Waals surface area contributed by atoms with E-state index in [0.717, 1.165) is 18.4 Å². The molecule has 21 heavy (non-hydrogen) atoms. The summed E-state index contributed by atoms with van der Waals surface area (Å²) in [6.07, 6.45) is 2.55. The highest BCUT2D eigenvalue weighted by Crippen LogP contribution is 2.31. The van der Waals surface area contributed by atoms with Crippen LogP contribution < -0.4 is 0 Å². The van der Waals surface area contributed by atoms with Crippen molar-refractivity contribution in [3.8, 4) is 0 Å². The van der Waals surface area contributed by atoms with Gasteiger partial charge in [0.05, 0.1) is 22.8 Å². The van der Waals surface area contributed by atoms with E-state index in [9.17, 15) is 13.2 Å². The zero-order valence-corrected chi connectivity index (χ0v) is 13.0. The summed E-state index contributed by atoms with van der Waals surface area (Å²) in [5.41, 5.74) is 1.08. The van der Waals surface area contributed by atoms with Crippen molar-refractivity contribution in [3.63, 3.8) is 0 Å². The minimum atomic E-state index is -3.47. The van der Waals surface area contributed by atoms with E-state index in [0.29, 0.717) is 18.4 Å². The van der Waals surface area contributed by atoms with Gasteiger partial charge >= 0.3 is 5.97 Å². The number of hydrogen-bond acceptors (Lipinski definition) is 4. The van der Waals surface area contributed by atoms with E-state index in [1.807, 2.05) is 18.2 Å². The molecule has 0 aliphatic heterocycles. The maximum Gasteiger partial charge on any atom is 0.334 e. The van der Waals surface area contributed by atoms with Crippen molar-refractivity contribution in [2.75, 3.05) is 6.61 Å². The second-order valence-corrected chi connectivity index (χ2v) is 7.08. The number of esters is 1. The number of carbonyl (C=O) groups excluding carboxylic acids is 1. The fourth-order valence-electron chi connectivity index (χ4n) is 2.54. The largest absolute Gasteiger partial charge is 0.463 e. The molecular weight excluding hydrogens is 288 g/mol. The Morgan fingerprint density at radius 1 is 1.14 bits per heavy atom. The van der Waals surface area contributed by atoms with Gasteiger partial charge in [-0.05, 0) is 38.2 Å². The molecule has 0 N–H and O–H groups in total. The van der Waals surface area contributed by atoms with Crippen molar-refractivity contribution in [1.82, 2.24) is 0 Å². The fraction of sp³-hybridized carbons (Fsp3) is 0.438. The van der Waals surface area contributed by atoms with Gasteiger partial charge in [0.25, 0.3) is 0 Å². The number of hydrogen-bond donors (Lipinski definition) is 0. The van der Waals surface area contributed by atoms with Gasteiger partial charge in [0.1, 0.15) is 0 Å². The summed E-state index contributed by atoms with van der Waals surface area (Å²) in [5, 5.41) is 0. The average Bonchev–Trinajstić information content (AvgIpc) is 2.48. The van der Waals surface area contributed by atoms with Crippen LogP contribution in [0.15, 0.2) is 40.8 Å². The highest BCUT2D eigenvalue weighted by atomic mass is 32.2. The monoisotopic (exact) mass is 308 g/mol. The second-order valence-electron chi connectivity index (χ2n) is 5.07. The smallest absolute Gasteiger partial charge is 0.334 e. The van der Waals surface area contributed by atoms with Crippen LogP contribution in [-0.4, -0.2) is 21.0 Å². The molecule has 1 aromatic carbocycles. The maximum atomic E-state index is 12.6. The standard InChI is InChI=1S/C16H20O4S/c1-2-20-16(17)14-10-6-7-11-15(14)21(18,19)12-13-8-4-3-5-9-13/h3-5,8-9H,2,6-7,10-12H2,1H3. The number of sulfone groups is 1. The SMILES string of the molecule is CCOC(=O)C1=C(S(=O)(=O)Cc2ccccc2)CCCC1. The molecule has 0 amide bonds. The van der Waals surface area contributed by atoms with Crippen molar-refractivity contribution in [1.29, 1.82) is 0 Å². The van der Waals surface area contributed by atoms with E-state index < -0.39 is 15.8 Å². The van der Waals surface area contributed by atoms with Crippen molar-refractivity contribution < 1.29 is 17.9 Å². The van der Waals surface area contributed by atoms with E-state index in [1.165, 1.54) is 0 Å². The number of ether oxygens (including phenoxy) is 1. The molecule has 2 rings (SSSR count). The minimum absolute atomic E-state index is 0.0634. The molecule has 1 aliphatic rings. The van der Waals surface area contributed by atoms with E-state index in [2.05, 4.69) is 0 Å². The number of allylic oxidation sites excluding steroid dienone is 1. The van der Waals surface area contributed by atoms with Gasteiger partial charge in [0, 0.05) is 0 Å². The quantitative estimate of drug-likeness (QED) is 0.785. The van der Waals surface area contributed by atoms with E-state index in [-0.39, 0.29) is 17.3 Å². The Morgan fingerprint density at radius 3 is 2.48 bits per heavy atom. The summed E-state index contributed by atoms with van der Waals surface area (Å²) >= 11 is 0. The third kappa shape index (κ3) is 3.94. The van der Waals surface area contributed by atoms with Crippen molar-refractivity contribution >= 4 is 15.8 Å². The van der Waals surface area contributed by atoms with E-state index in [4.69, 9.17) is 4.74 Å². The number of benzene rings is 1. The molecule has 0 saturated heterocycles. The lowest BCUT2D eigenvalue weighted by Crippen LogP contribution is -2.19. The molecule has 0 spiro atoms. The number of rotatable bonds is 5. The second kappa shape index (κ2) is 6.89. The summed E-state index contributed by atoms with van der Waals surface area (Å²) in [6.45, 7) is 1.98. The van der Waals surface area contributed by atoms with Gasteiger partial charge in [0.2, 0.25) is 0 Å². The average molecular weight is 308 g/mol. The van der Waals surface area contributed by atoms with Crippen LogP contribution in [0.3, 0.4) is 0 Å². The Hall–Kier alpha value is -1.62. The molecule has 114 valence electrons. The molecule has 4 nitrogen and oxygen atoms in total. The van der Waals surface area contributed by atoms with Crippen LogP contribution in [0.4, 0.5) is 0 Å². The highest BCUT2D eigenvalue weighted by molar-refractivity contribution is 7.94. The van der Waals surface area contributed by atoms with Gasteiger partial charge in [-0.1, -0.05) is 30.3 Å². The van der Waals surface area contributed by atoms with Crippen LogP contribution in [0.5, 0.6) is 0 Å². The Kier molecular flexibility index (Phi) is 5.17. The van der Waals surface area contributed by atoms with Gasteiger partial charge in [-0.25, -0.2) is 13.2 Å². The van der Waals surface area contributed by atoms with Crippen molar-refractivity contribution in [2.45, 2.75) is 38.4 Å². The molecular formula is C16H20O4S. The molecule has 1 aliphatic carbocycles. The lowest BCUT2D eigenvalue weighted by Gasteiger charge is -2.19. The molecule has 0 atom stereocenters. The highest BCUT2D eigenvalue weighted by Gasteiger charge is 2.29. The first kappa shape index (κ1) is 15.8.